The third-order valence-electron chi connectivity index (χ3n) is 3.03. The highest BCUT2D eigenvalue weighted by Crippen LogP contribution is 2.17. The van der Waals surface area contributed by atoms with Crippen LogP contribution in [0.4, 0.5) is 0 Å². The molecule has 0 spiro atoms. The van der Waals surface area contributed by atoms with Crippen LogP contribution in [-0.2, 0) is 19.1 Å². The first-order valence-electron chi connectivity index (χ1n) is 6.74. The molecule has 7 heteroatoms. The number of hydrogen-bond donors (Lipinski definition) is 1. The van der Waals surface area contributed by atoms with Gasteiger partial charge in [-0.25, -0.2) is 0 Å². The van der Waals surface area contributed by atoms with E-state index in [0.29, 0.717) is 19.6 Å². The molecule has 1 unspecified atom stereocenters. The molecule has 1 N–H and O–H groups in total. The number of imide groups is 1. The minimum Gasteiger partial charge on any atom is -0.379 e. The fourth-order valence-electron chi connectivity index (χ4n) is 1.89. The maximum absolute atomic E-state index is 11.6. The van der Waals surface area contributed by atoms with E-state index in [1.54, 1.807) is 18.7 Å². The van der Waals surface area contributed by atoms with Gasteiger partial charge in [0.15, 0.2) is 0 Å². The smallest absolute Gasteiger partial charge is 0.232 e. The van der Waals surface area contributed by atoms with E-state index < -0.39 is 0 Å². The van der Waals surface area contributed by atoms with E-state index in [4.69, 9.17) is 4.74 Å². The fraction of sp³-hybridized carbons (Fsp3) is 0.769. The molecule has 3 amide bonds. The molecule has 1 heterocycles. The summed E-state index contributed by atoms with van der Waals surface area (Å²) in [5, 5.41) is 2.78. The Balaban J connectivity index is 2.06. The summed E-state index contributed by atoms with van der Waals surface area (Å²) < 4.78 is 5.29. The molecule has 114 valence electrons. The number of hydrogen-bond acceptors (Lipinski definition) is 5. The predicted molar refractivity (Wildman–Crippen MR) is 77.3 cm³/mol. The summed E-state index contributed by atoms with van der Waals surface area (Å²) in [6.45, 7) is 3.27. The zero-order valence-corrected chi connectivity index (χ0v) is 12.8. The van der Waals surface area contributed by atoms with Crippen molar-refractivity contribution in [2.45, 2.75) is 19.8 Å². The second-order valence-corrected chi connectivity index (χ2v) is 5.68. The quantitative estimate of drug-likeness (QED) is 0.489. The summed E-state index contributed by atoms with van der Waals surface area (Å²) in [5.41, 5.74) is 0. The lowest BCUT2D eigenvalue weighted by molar-refractivity contribution is -0.140. The third kappa shape index (κ3) is 5.50. The Kier molecular flexibility index (Phi) is 7.61. The predicted octanol–water partition coefficient (Wildman–Crippen LogP) is 0.267. The van der Waals surface area contributed by atoms with Gasteiger partial charge in [0.25, 0.3) is 0 Å². The van der Waals surface area contributed by atoms with Crippen LogP contribution in [0.3, 0.4) is 0 Å². The first kappa shape index (κ1) is 17.0. The van der Waals surface area contributed by atoms with Gasteiger partial charge in [-0.2, -0.15) is 11.8 Å². The summed E-state index contributed by atoms with van der Waals surface area (Å²) in [4.78, 5) is 35.7. The average Bonchev–Trinajstić information content (AvgIpc) is 2.64. The normalized spacial score (nSPS) is 18.7. The van der Waals surface area contributed by atoms with E-state index in [1.165, 1.54) is 4.90 Å². The molecule has 0 aromatic rings. The molecule has 1 aliphatic rings. The van der Waals surface area contributed by atoms with Crippen molar-refractivity contribution in [3.63, 3.8) is 0 Å². The van der Waals surface area contributed by atoms with Crippen molar-refractivity contribution >= 4 is 29.5 Å². The van der Waals surface area contributed by atoms with Crippen LogP contribution in [-0.4, -0.2) is 60.9 Å². The van der Waals surface area contributed by atoms with Crippen molar-refractivity contribution in [3.8, 4) is 0 Å². The molecule has 0 bridgehead atoms. The lowest BCUT2D eigenvalue weighted by Crippen LogP contribution is -2.33. The monoisotopic (exact) mass is 302 g/mol. The van der Waals surface area contributed by atoms with E-state index in [-0.39, 0.29) is 43.2 Å². The molecule has 0 aliphatic carbocycles. The molecule has 1 atom stereocenters. The maximum Gasteiger partial charge on any atom is 0.232 e. The van der Waals surface area contributed by atoms with E-state index in [9.17, 15) is 14.4 Å². The topological polar surface area (TPSA) is 75.7 Å². The summed E-state index contributed by atoms with van der Waals surface area (Å²) in [6, 6.07) is 0. The van der Waals surface area contributed by atoms with Gasteiger partial charge in [-0.3, -0.25) is 19.3 Å². The van der Waals surface area contributed by atoms with E-state index in [1.807, 2.05) is 6.26 Å². The molecular weight excluding hydrogens is 280 g/mol. The lowest BCUT2D eigenvalue weighted by atomic mass is 10.1. The van der Waals surface area contributed by atoms with Gasteiger partial charge in [-0.05, 0) is 6.26 Å². The highest BCUT2D eigenvalue weighted by Gasteiger charge is 2.34. The molecule has 0 aromatic heterocycles. The zero-order chi connectivity index (χ0) is 15.0. The number of nitrogens with one attached hydrogen (secondary N) is 1. The SMILES string of the molecule is CSCCNC(=O)CCOCCN1C(=O)CC(C)C1=O. The number of rotatable bonds is 9. The maximum atomic E-state index is 11.6. The van der Waals surface area contributed by atoms with Crippen molar-refractivity contribution in [1.82, 2.24) is 10.2 Å². The van der Waals surface area contributed by atoms with Gasteiger partial charge < -0.3 is 10.1 Å². The zero-order valence-electron chi connectivity index (χ0n) is 12.0. The Bertz CT molecular complexity index is 362. The van der Waals surface area contributed by atoms with Gasteiger partial charge in [0, 0.05) is 31.1 Å². The number of amides is 3. The van der Waals surface area contributed by atoms with Crippen LogP contribution in [0.15, 0.2) is 0 Å². The van der Waals surface area contributed by atoms with Gasteiger partial charge in [0.05, 0.1) is 19.8 Å². The first-order valence-corrected chi connectivity index (χ1v) is 8.13. The van der Waals surface area contributed by atoms with Crippen LogP contribution in [0.25, 0.3) is 0 Å². The molecule has 1 saturated heterocycles. The minimum atomic E-state index is -0.218. The molecule has 0 saturated carbocycles. The first-order chi connectivity index (χ1) is 9.56. The van der Waals surface area contributed by atoms with Gasteiger partial charge in [-0.15, -0.1) is 0 Å². The van der Waals surface area contributed by atoms with Crippen molar-refractivity contribution in [2.75, 3.05) is 38.3 Å². The third-order valence-corrected chi connectivity index (χ3v) is 3.64. The minimum absolute atomic E-state index is 0.0407. The second kappa shape index (κ2) is 8.97. The van der Waals surface area contributed by atoms with Crippen LogP contribution in [0, 0.1) is 5.92 Å². The van der Waals surface area contributed by atoms with Gasteiger partial charge >= 0.3 is 0 Å². The Morgan fingerprint density at radius 3 is 2.80 bits per heavy atom. The van der Waals surface area contributed by atoms with Gasteiger partial charge in [0.2, 0.25) is 17.7 Å². The van der Waals surface area contributed by atoms with E-state index >= 15 is 0 Å². The molecule has 0 aromatic carbocycles. The Morgan fingerprint density at radius 1 is 1.45 bits per heavy atom. The van der Waals surface area contributed by atoms with Crippen molar-refractivity contribution in [3.05, 3.63) is 0 Å². The highest BCUT2D eigenvalue weighted by atomic mass is 32.2. The van der Waals surface area contributed by atoms with E-state index in [2.05, 4.69) is 5.32 Å². The van der Waals surface area contributed by atoms with Crippen LogP contribution in [0.1, 0.15) is 19.8 Å². The van der Waals surface area contributed by atoms with E-state index in [0.717, 1.165) is 5.75 Å². The van der Waals surface area contributed by atoms with Crippen LogP contribution in [0.5, 0.6) is 0 Å². The summed E-state index contributed by atoms with van der Waals surface area (Å²) >= 11 is 1.67. The molecule has 1 rings (SSSR count). The summed E-state index contributed by atoms with van der Waals surface area (Å²) in [6.07, 6.45) is 2.57. The summed E-state index contributed by atoms with van der Waals surface area (Å²) in [5.74, 6) is 0.365. The average molecular weight is 302 g/mol. The van der Waals surface area contributed by atoms with Crippen molar-refractivity contribution in [2.24, 2.45) is 5.92 Å². The number of likely N-dealkylation sites (tertiary alicyclic amines) is 1. The molecule has 1 fully saturated rings. The summed E-state index contributed by atoms with van der Waals surface area (Å²) in [7, 11) is 0. The Hall–Kier alpha value is -1.08. The Morgan fingerprint density at radius 2 is 2.20 bits per heavy atom. The Labute approximate surface area is 123 Å². The number of ether oxygens (including phenoxy) is 1. The number of nitrogens with zero attached hydrogens (tertiary/aromatic N) is 1. The highest BCUT2D eigenvalue weighted by molar-refractivity contribution is 7.98. The van der Waals surface area contributed by atoms with Crippen LogP contribution >= 0.6 is 11.8 Å². The van der Waals surface area contributed by atoms with Gasteiger partial charge in [-0.1, -0.05) is 6.92 Å². The molecule has 20 heavy (non-hydrogen) atoms. The molecule has 6 nitrogen and oxygen atoms in total. The molecular formula is C13H22N2O4S. The molecule has 0 radical (unpaired) electrons. The van der Waals surface area contributed by atoms with Crippen LogP contribution < -0.4 is 5.32 Å². The number of thioether (sulfide) groups is 1. The largest absolute Gasteiger partial charge is 0.379 e. The number of carbonyl (C=O) groups excluding carboxylic acids is 3. The van der Waals surface area contributed by atoms with Crippen molar-refractivity contribution < 1.29 is 19.1 Å². The standard InChI is InChI=1S/C13H22N2O4S/c1-10-9-12(17)15(13(10)18)5-7-19-6-3-11(16)14-4-8-20-2/h10H,3-9H2,1-2H3,(H,14,16). The lowest BCUT2D eigenvalue weighted by Gasteiger charge is -2.14. The fourth-order valence-corrected chi connectivity index (χ4v) is 2.19. The van der Waals surface area contributed by atoms with Crippen molar-refractivity contribution in [1.29, 1.82) is 0 Å². The molecule has 1 aliphatic heterocycles. The second-order valence-electron chi connectivity index (χ2n) is 4.69. The number of carbonyl (C=O) groups is 3. The van der Waals surface area contributed by atoms with Crippen LogP contribution in [0.2, 0.25) is 0 Å². The van der Waals surface area contributed by atoms with Gasteiger partial charge in [0.1, 0.15) is 0 Å².